The van der Waals surface area contributed by atoms with Crippen LogP contribution in [0.4, 0.5) is 0 Å². The fraction of sp³-hybridized carbons (Fsp3) is 0.350. The predicted molar refractivity (Wildman–Crippen MR) is 131 cm³/mol. The molecule has 3 aromatic rings. The van der Waals surface area contributed by atoms with E-state index in [1.807, 2.05) is 42.8 Å². The maximum atomic E-state index is 5.95. The molecule has 0 unspecified atom stereocenters. The molecule has 0 bridgehead atoms. The van der Waals surface area contributed by atoms with Crippen molar-refractivity contribution >= 4 is 52.9 Å². The van der Waals surface area contributed by atoms with E-state index in [1.54, 1.807) is 11.3 Å². The summed E-state index contributed by atoms with van der Waals surface area (Å²) in [4.78, 5) is 6.04. The second-order valence-corrected chi connectivity index (χ2v) is 7.92. The van der Waals surface area contributed by atoms with Gasteiger partial charge in [0.2, 0.25) is 0 Å². The highest BCUT2D eigenvalue weighted by Gasteiger charge is 2.05. The molecule has 0 saturated heterocycles. The maximum Gasteiger partial charge on any atom is 0.191 e. The second-order valence-electron chi connectivity index (χ2n) is 6.45. The van der Waals surface area contributed by atoms with Crippen molar-refractivity contribution in [1.29, 1.82) is 0 Å². The van der Waals surface area contributed by atoms with Crippen LogP contribution in [-0.4, -0.2) is 33.8 Å². The van der Waals surface area contributed by atoms with Gasteiger partial charge in [0.15, 0.2) is 11.8 Å². The number of aromatic nitrogens is 3. The first-order chi connectivity index (χ1) is 13.6. The molecule has 2 aromatic heterocycles. The van der Waals surface area contributed by atoms with Crippen molar-refractivity contribution in [3.8, 4) is 0 Å². The molecular weight excluding hydrogens is 519 g/mol. The summed E-state index contributed by atoms with van der Waals surface area (Å²) in [5, 5.41) is 18.0. The molecular formula is C20H26ClIN6S. The van der Waals surface area contributed by atoms with E-state index in [0.717, 1.165) is 48.6 Å². The molecule has 0 aliphatic heterocycles. The summed E-state index contributed by atoms with van der Waals surface area (Å²) in [6.45, 7) is 4.02. The third kappa shape index (κ3) is 7.60. The van der Waals surface area contributed by atoms with E-state index in [-0.39, 0.29) is 24.0 Å². The third-order valence-corrected chi connectivity index (χ3v) is 5.61. The fourth-order valence-corrected chi connectivity index (χ4v) is 3.48. The number of guanidine groups is 1. The largest absolute Gasteiger partial charge is 0.356 e. The molecule has 3 rings (SSSR count). The van der Waals surface area contributed by atoms with Crippen molar-refractivity contribution in [1.82, 2.24) is 25.4 Å². The average Bonchev–Trinajstić information content (AvgIpc) is 3.32. The number of aliphatic imine (C=N–C) groups is 1. The molecule has 0 spiro atoms. The molecule has 29 heavy (non-hydrogen) atoms. The molecule has 0 fully saturated rings. The monoisotopic (exact) mass is 544 g/mol. The molecule has 0 aliphatic rings. The maximum absolute atomic E-state index is 5.95. The first-order valence-corrected chi connectivity index (χ1v) is 10.5. The van der Waals surface area contributed by atoms with E-state index in [1.165, 1.54) is 10.4 Å². The van der Waals surface area contributed by atoms with Gasteiger partial charge in [0.25, 0.3) is 0 Å². The summed E-state index contributed by atoms with van der Waals surface area (Å²) in [5.74, 6) is 2.51. The summed E-state index contributed by atoms with van der Waals surface area (Å²) in [7, 11) is 1.96. The number of nitrogens with zero attached hydrogens (tertiary/aromatic N) is 4. The minimum Gasteiger partial charge on any atom is -0.356 e. The zero-order chi connectivity index (χ0) is 19.8. The van der Waals surface area contributed by atoms with E-state index in [0.29, 0.717) is 6.54 Å². The van der Waals surface area contributed by atoms with Gasteiger partial charge in [-0.15, -0.1) is 45.5 Å². The quantitative estimate of drug-likeness (QED) is 0.256. The van der Waals surface area contributed by atoms with Crippen molar-refractivity contribution in [3.05, 3.63) is 68.9 Å². The Morgan fingerprint density at radius 3 is 2.45 bits per heavy atom. The number of thiophene rings is 1. The summed E-state index contributed by atoms with van der Waals surface area (Å²) >= 11 is 7.73. The van der Waals surface area contributed by atoms with Gasteiger partial charge in [-0.2, -0.15) is 0 Å². The van der Waals surface area contributed by atoms with Gasteiger partial charge in [0.1, 0.15) is 12.4 Å². The molecule has 2 N–H and O–H groups in total. The SMILES string of the molecule is Cc1nnc(CN=C(NCCc2ccc(Cl)cc2)NCCc2cccs2)n1C.I. The van der Waals surface area contributed by atoms with Crippen LogP contribution in [0.2, 0.25) is 5.02 Å². The molecule has 0 radical (unpaired) electrons. The molecule has 9 heteroatoms. The number of rotatable bonds is 8. The topological polar surface area (TPSA) is 67.1 Å². The number of aryl methyl sites for hydroxylation is 1. The van der Waals surface area contributed by atoms with E-state index >= 15 is 0 Å². The first kappa shape index (κ1) is 23.6. The fourth-order valence-electron chi connectivity index (χ4n) is 2.65. The molecule has 1 aromatic carbocycles. The Labute approximate surface area is 197 Å². The van der Waals surface area contributed by atoms with Crippen molar-refractivity contribution in [2.75, 3.05) is 13.1 Å². The van der Waals surface area contributed by atoms with Crippen molar-refractivity contribution < 1.29 is 0 Å². The number of halogens is 2. The van der Waals surface area contributed by atoms with E-state index in [4.69, 9.17) is 11.6 Å². The summed E-state index contributed by atoms with van der Waals surface area (Å²) in [6, 6.07) is 12.2. The lowest BCUT2D eigenvalue weighted by Crippen LogP contribution is -2.39. The highest BCUT2D eigenvalue weighted by molar-refractivity contribution is 14.0. The number of benzene rings is 1. The number of hydrogen-bond donors (Lipinski definition) is 2. The van der Waals surface area contributed by atoms with Gasteiger partial charge in [-0.25, -0.2) is 4.99 Å². The normalized spacial score (nSPS) is 11.2. The standard InChI is InChI=1S/C20H25ClN6S.HI/c1-15-25-26-19(27(15)2)14-24-20(23-12-10-18-4-3-13-28-18)22-11-9-16-5-7-17(21)8-6-16;/h3-8,13H,9-12,14H2,1-2H3,(H2,22,23,24);1H. The van der Waals surface area contributed by atoms with Crippen LogP contribution in [0.3, 0.4) is 0 Å². The molecule has 2 heterocycles. The van der Waals surface area contributed by atoms with Crippen LogP contribution in [-0.2, 0) is 26.4 Å². The van der Waals surface area contributed by atoms with Gasteiger partial charge in [-0.3, -0.25) is 0 Å². The van der Waals surface area contributed by atoms with Crippen LogP contribution < -0.4 is 10.6 Å². The van der Waals surface area contributed by atoms with Gasteiger partial charge < -0.3 is 15.2 Å². The van der Waals surface area contributed by atoms with E-state index in [2.05, 4.69) is 43.3 Å². The van der Waals surface area contributed by atoms with Crippen LogP contribution in [0.25, 0.3) is 0 Å². The van der Waals surface area contributed by atoms with Crippen LogP contribution in [0.5, 0.6) is 0 Å². The molecule has 0 saturated carbocycles. The smallest absolute Gasteiger partial charge is 0.191 e. The average molecular weight is 545 g/mol. The van der Waals surface area contributed by atoms with Crippen LogP contribution in [0.15, 0.2) is 46.8 Å². The predicted octanol–water partition coefficient (Wildman–Crippen LogP) is 3.98. The Hall–Kier alpha value is -1.65. The molecule has 0 aliphatic carbocycles. The Balaban J connectivity index is 0.00000300. The zero-order valence-electron chi connectivity index (χ0n) is 16.6. The molecule has 0 amide bonds. The highest BCUT2D eigenvalue weighted by atomic mass is 127. The minimum absolute atomic E-state index is 0. The van der Waals surface area contributed by atoms with E-state index in [9.17, 15) is 0 Å². The molecule has 156 valence electrons. The lowest BCUT2D eigenvalue weighted by atomic mass is 10.1. The second kappa shape index (κ2) is 12.1. The molecule has 0 atom stereocenters. The van der Waals surface area contributed by atoms with E-state index < -0.39 is 0 Å². The van der Waals surface area contributed by atoms with Gasteiger partial charge in [0.05, 0.1) is 0 Å². The van der Waals surface area contributed by atoms with Gasteiger partial charge in [-0.05, 0) is 48.9 Å². The highest BCUT2D eigenvalue weighted by Crippen LogP contribution is 2.10. The Kier molecular flexibility index (Phi) is 9.89. The van der Waals surface area contributed by atoms with Gasteiger partial charge in [-0.1, -0.05) is 29.8 Å². The van der Waals surface area contributed by atoms with Crippen LogP contribution in [0.1, 0.15) is 22.1 Å². The van der Waals surface area contributed by atoms with Crippen LogP contribution in [0, 0.1) is 6.92 Å². The van der Waals surface area contributed by atoms with Gasteiger partial charge in [0, 0.05) is 30.0 Å². The third-order valence-electron chi connectivity index (χ3n) is 4.42. The Morgan fingerprint density at radius 2 is 1.83 bits per heavy atom. The number of hydrogen-bond acceptors (Lipinski definition) is 4. The first-order valence-electron chi connectivity index (χ1n) is 9.25. The molecule has 6 nitrogen and oxygen atoms in total. The Morgan fingerprint density at radius 1 is 1.10 bits per heavy atom. The summed E-state index contributed by atoms with van der Waals surface area (Å²) in [5.41, 5.74) is 1.23. The lowest BCUT2D eigenvalue weighted by molar-refractivity contribution is 0.746. The Bertz CT molecular complexity index is 892. The van der Waals surface area contributed by atoms with Crippen molar-refractivity contribution in [2.45, 2.75) is 26.3 Å². The minimum atomic E-state index is 0. The van der Waals surface area contributed by atoms with Gasteiger partial charge >= 0.3 is 0 Å². The van der Waals surface area contributed by atoms with Crippen molar-refractivity contribution in [3.63, 3.8) is 0 Å². The summed E-state index contributed by atoms with van der Waals surface area (Å²) in [6.07, 6.45) is 1.87. The van der Waals surface area contributed by atoms with Crippen molar-refractivity contribution in [2.24, 2.45) is 12.0 Å². The summed E-state index contributed by atoms with van der Waals surface area (Å²) < 4.78 is 1.96. The number of nitrogens with one attached hydrogen (secondary N) is 2. The van der Waals surface area contributed by atoms with Crippen LogP contribution >= 0.6 is 46.9 Å². The zero-order valence-corrected chi connectivity index (χ0v) is 20.5. The lowest BCUT2D eigenvalue weighted by Gasteiger charge is -2.12.